The van der Waals surface area contributed by atoms with Gasteiger partial charge in [0.15, 0.2) is 0 Å². The topological polar surface area (TPSA) is 61.0 Å². The zero-order valence-corrected chi connectivity index (χ0v) is 13.7. The van der Waals surface area contributed by atoms with Crippen molar-refractivity contribution in [2.24, 2.45) is 0 Å². The number of nitrogen functional groups attached to an aromatic ring is 1. The number of anilines is 1. The van der Waals surface area contributed by atoms with E-state index in [1.807, 2.05) is 46.8 Å². The van der Waals surface area contributed by atoms with E-state index < -0.39 is 0 Å². The first-order valence-electron chi connectivity index (χ1n) is 6.77. The normalized spacial score (nSPS) is 11.5. The molecule has 0 atom stereocenters. The fraction of sp³-hybridized carbons (Fsp3) is 0.375. The van der Waals surface area contributed by atoms with Crippen LogP contribution >= 0.6 is 11.6 Å². The largest absolute Gasteiger partial charge is 0.437 e. The van der Waals surface area contributed by atoms with Crippen LogP contribution in [0.2, 0.25) is 5.02 Å². The van der Waals surface area contributed by atoms with Crippen molar-refractivity contribution in [3.8, 4) is 11.6 Å². The molecule has 0 saturated heterocycles. The van der Waals surface area contributed by atoms with Crippen molar-refractivity contribution in [2.75, 3.05) is 5.73 Å². The monoisotopic (exact) mass is 305 g/mol. The molecule has 2 aromatic rings. The van der Waals surface area contributed by atoms with Gasteiger partial charge in [-0.2, -0.15) is 4.98 Å². The average Bonchev–Trinajstić information content (AvgIpc) is 2.37. The number of halogens is 1. The van der Waals surface area contributed by atoms with Crippen molar-refractivity contribution in [2.45, 2.75) is 40.0 Å². The highest BCUT2D eigenvalue weighted by molar-refractivity contribution is 6.32. The van der Waals surface area contributed by atoms with Gasteiger partial charge in [0, 0.05) is 5.41 Å². The van der Waals surface area contributed by atoms with Gasteiger partial charge in [-0.1, -0.05) is 38.4 Å². The number of rotatable bonds is 2. The number of benzene rings is 1. The second-order valence-electron chi connectivity index (χ2n) is 6.15. The molecule has 2 rings (SSSR count). The molecule has 5 heteroatoms. The molecule has 0 spiro atoms. The van der Waals surface area contributed by atoms with E-state index in [-0.39, 0.29) is 5.41 Å². The third-order valence-electron chi connectivity index (χ3n) is 3.10. The minimum Gasteiger partial charge on any atom is -0.437 e. The van der Waals surface area contributed by atoms with Crippen LogP contribution in [0.1, 0.15) is 37.7 Å². The molecule has 2 N–H and O–H groups in total. The van der Waals surface area contributed by atoms with Gasteiger partial charge in [-0.25, -0.2) is 4.98 Å². The lowest BCUT2D eigenvalue weighted by molar-refractivity contribution is 0.442. The minimum absolute atomic E-state index is 0.212. The van der Waals surface area contributed by atoms with Crippen LogP contribution in [-0.2, 0) is 5.41 Å². The van der Waals surface area contributed by atoms with Crippen LogP contribution < -0.4 is 10.5 Å². The van der Waals surface area contributed by atoms with Crippen LogP contribution in [0.15, 0.2) is 18.2 Å². The van der Waals surface area contributed by atoms with Gasteiger partial charge in [0.05, 0.1) is 10.6 Å². The highest BCUT2D eigenvalue weighted by Crippen LogP contribution is 2.33. The van der Waals surface area contributed by atoms with Gasteiger partial charge in [-0.3, -0.25) is 0 Å². The van der Waals surface area contributed by atoms with Crippen LogP contribution in [-0.4, -0.2) is 9.97 Å². The molecule has 0 amide bonds. The smallest absolute Gasteiger partial charge is 0.227 e. The van der Waals surface area contributed by atoms with Crippen molar-refractivity contribution in [3.63, 3.8) is 0 Å². The SMILES string of the molecule is Cc1ccc(Cl)c(Oc2nc(C(C)(C)C)nc(N)c2C)c1. The summed E-state index contributed by atoms with van der Waals surface area (Å²) in [6.07, 6.45) is 0. The fourth-order valence-electron chi connectivity index (χ4n) is 1.74. The Morgan fingerprint density at radius 2 is 1.81 bits per heavy atom. The third-order valence-corrected chi connectivity index (χ3v) is 3.42. The Hall–Kier alpha value is -1.81. The predicted octanol–water partition coefficient (Wildman–Crippen LogP) is 4.42. The second kappa shape index (κ2) is 5.53. The summed E-state index contributed by atoms with van der Waals surface area (Å²) in [7, 11) is 0. The van der Waals surface area contributed by atoms with Crippen LogP contribution in [0.5, 0.6) is 11.6 Å². The van der Waals surface area contributed by atoms with Crippen LogP contribution in [0, 0.1) is 13.8 Å². The third kappa shape index (κ3) is 3.45. The van der Waals surface area contributed by atoms with Crippen LogP contribution in [0.3, 0.4) is 0 Å². The van der Waals surface area contributed by atoms with E-state index in [4.69, 9.17) is 22.1 Å². The Labute approximate surface area is 130 Å². The maximum Gasteiger partial charge on any atom is 0.227 e. The van der Waals surface area contributed by atoms with Gasteiger partial charge in [0.25, 0.3) is 0 Å². The number of ether oxygens (including phenoxy) is 1. The molecule has 0 aliphatic rings. The standard InChI is InChI=1S/C16H20ClN3O/c1-9-6-7-11(17)12(8-9)21-14-10(2)13(18)19-15(20-14)16(3,4)5/h6-8H,1-5H3,(H2,18,19,20). The van der Waals surface area contributed by atoms with Crippen molar-refractivity contribution in [1.82, 2.24) is 9.97 Å². The summed E-state index contributed by atoms with van der Waals surface area (Å²) in [6.45, 7) is 9.90. The first kappa shape index (κ1) is 15.6. The van der Waals surface area contributed by atoms with E-state index in [0.29, 0.717) is 33.9 Å². The van der Waals surface area contributed by atoms with Crippen molar-refractivity contribution >= 4 is 17.4 Å². The first-order chi connectivity index (χ1) is 9.68. The highest BCUT2D eigenvalue weighted by Gasteiger charge is 2.21. The number of aryl methyl sites for hydroxylation is 1. The summed E-state index contributed by atoms with van der Waals surface area (Å²) in [5, 5.41) is 0.537. The molecule has 112 valence electrons. The van der Waals surface area contributed by atoms with E-state index in [2.05, 4.69) is 9.97 Å². The Morgan fingerprint density at radius 1 is 1.14 bits per heavy atom. The number of nitrogens with two attached hydrogens (primary N) is 1. The predicted molar refractivity (Wildman–Crippen MR) is 86.1 cm³/mol. The molecule has 1 aromatic carbocycles. The van der Waals surface area contributed by atoms with Crippen molar-refractivity contribution in [1.29, 1.82) is 0 Å². The zero-order chi connectivity index (χ0) is 15.8. The number of nitrogens with zero attached hydrogens (tertiary/aromatic N) is 2. The molecule has 0 aliphatic carbocycles. The summed E-state index contributed by atoms with van der Waals surface area (Å²) in [4.78, 5) is 8.84. The molecule has 0 fully saturated rings. The van der Waals surface area contributed by atoms with Gasteiger partial charge in [-0.15, -0.1) is 0 Å². The molecule has 21 heavy (non-hydrogen) atoms. The Morgan fingerprint density at radius 3 is 2.43 bits per heavy atom. The Kier molecular flexibility index (Phi) is 4.10. The molecule has 1 heterocycles. The molecular weight excluding hydrogens is 286 g/mol. The summed E-state index contributed by atoms with van der Waals surface area (Å²) in [5.41, 5.74) is 7.53. The van der Waals surface area contributed by atoms with Crippen molar-refractivity contribution < 1.29 is 4.74 Å². The molecule has 0 aliphatic heterocycles. The average molecular weight is 306 g/mol. The second-order valence-corrected chi connectivity index (χ2v) is 6.56. The van der Waals surface area contributed by atoms with Gasteiger partial charge >= 0.3 is 0 Å². The van der Waals surface area contributed by atoms with E-state index in [9.17, 15) is 0 Å². The minimum atomic E-state index is -0.212. The summed E-state index contributed by atoms with van der Waals surface area (Å²) >= 11 is 6.17. The number of aromatic nitrogens is 2. The van der Waals surface area contributed by atoms with Gasteiger partial charge < -0.3 is 10.5 Å². The van der Waals surface area contributed by atoms with Gasteiger partial charge in [-0.05, 0) is 31.5 Å². The molecule has 0 saturated carbocycles. The van der Waals surface area contributed by atoms with E-state index in [1.54, 1.807) is 6.07 Å². The lowest BCUT2D eigenvalue weighted by Gasteiger charge is -2.19. The van der Waals surface area contributed by atoms with E-state index in [0.717, 1.165) is 5.56 Å². The maximum atomic E-state index is 6.17. The zero-order valence-electron chi connectivity index (χ0n) is 13.0. The quantitative estimate of drug-likeness (QED) is 0.892. The number of hydrogen-bond acceptors (Lipinski definition) is 4. The van der Waals surface area contributed by atoms with E-state index in [1.165, 1.54) is 0 Å². The van der Waals surface area contributed by atoms with E-state index >= 15 is 0 Å². The molecule has 1 aromatic heterocycles. The number of hydrogen-bond donors (Lipinski definition) is 1. The summed E-state index contributed by atoms with van der Waals surface area (Å²) in [6, 6.07) is 5.60. The van der Waals surface area contributed by atoms with Gasteiger partial charge in [0.2, 0.25) is 5.88 Å². The Bertz CT molecular complexity index is 678. The van der Waals surface area contributed by atoms with Crippen LogP contribution in [0.25, 0.3) is 0 Å². The fourth-order valence-corrected chi connectivity index (χ4v) is 1.90. The van der Waals surface area contributed by atoms with Crippen molar-refractivity contribution in [3.05, 3.63) is 40.2 Å². The lowest BCUT2D eigenvalue weighted by Crippen LogP contribution is -2.18. The lowest BCUT2D eigenvalue weighted by atomic mass is 9.95. The maximum absolute atomic E-state index is 6.17. The molecule has 0 unspecified atom stereocenters. The molecule has 4 nitrogen and oxygen atoms in total. The Balaban J connectivity index is 2.49. The molecular formula is C16H20ClN3O. The highest BCUT2D eigenvalue weighted by atomic mass is 35.5. The summed E-state index contributed by atoms with van der Waals surface area (Å²) < 4.78 is 5.87. The molecule has 0 radical (unpaired) electrons. The molecule has 0 bridgehead atoms. The van der Waals surface area contributed by atoms with Gasteiger partial charge in [0.1, 0.15) is 17.4 Å². The summed E-state index contributed by atoms with van der Waals surface area (Å²) in [5.74, 6) is 2.08. The first-order valence-corrected chi connectivity index (χ1v) is 7.15. The van der Waals surface area contributed by atoms with Crippen LogP contribution in [0.4, 0.5) is 5.82 Å².